The molecule has 1 saturated heterocycles. The number of ketones is 1. The second-order valence-corrected chi connectivity index (χ2v) is 7.43. The first-order valence-electron chi connectivity index (χ1n) is 9.93. The summed E-state index contributed by atoms with van der Waals surface area (Å²) < 4.78 is 0. The van der Waals surface area contributed by atoms with Crippen molar-refractivity contribution in [1.82, 2.24) is 5.32 Å². The summed E-state index contributed by atoms with van der Waals surface area (Å²) in [7, 11) is 0. The molecule has 2 N–H and O–H groups in total. The van der Waals surface area contributed by atoms with Crippen LogP contribution in [0.3, 0.4) is 0 Å². The predicted octanol–water partition coefficient (Wildman–Crippen LogP) is 3.61. The van der Waals surface area contributed by atoms with Crippen LogP contribution in [0.15, 0.2) is 84.9 Å². The Balaban J connectivity index is 1.39. The average Bonchev–Trinajstić information content (AvgIpc) is 2.75. The van der Waals surface area contributed by atoms with E-state index in [1.54, 1.807) is 12.1 Å². The van der Waals surface area contributed by atoms with Crippen molar-refractivity contribution in [3.63, 3.8) is 0 Å². The zero-order valence-electron chi connectivity index (χ0n) is 16.4. The normalized spacial score (nSPS) is 18.5. The van der Waals surface area contributed by atoms with E-state index in [1.807, 2.05) is 72.8 Å². The maximum atomic E-state index is 12.6. The maximum absolute atomic E-state index is 12.6. The molecule has 0 spiro atoms. The second-order valence-electron chi connectivity index (χ2n) is 7.43. The molecule has 0 aromatic heterocycles. The van der Waals surface area contributed by atoms with Crippen molar-refractivity contribution in [2.75, 3.05) is 5.32 Å². The fourth-order valence-corrected chi connectivity index (χ4v) is 3.72. The van der Waals surface area contributed by atoms with E-state index in [2.05, 4.69) is 10.6 Å². The van der Waals surface area contributed by atoms with Gasteiger partial charge >= 0.3 is 0 Å². The van der Waals surface area contributed by atoms with Crippen LogP contribution in [0.1, 0.15) is 12.0 Å². The molecule has 1 fully saturated rings. The van der Waals surface area contributed by atoms with Gasteiger partial charge in [0.1, 0.15) is 0 Å². The lowest BCUT2D eigenvalue weighted by Gasteiger charge is -2.27. The SMILES string of the molecule is O=C1CC(Cc2ccccc2)NC(=O)C1C(=O)Nc1ccc(-c2ccccc2)cc1. The Labute approximate surface area is 175 Å². The third kappa shape index (κ3) is 4.46. The fourth-order valence-electron chi connectivity index (χ4n) is 3.72. The second kappa shape index (κ2) is 8.74. The third-order valence-electron chi connectivity index (χ3n) is 5.22. The van der Waals surface area contributed by atoms with Crippen molar-refractivity contribution in [3.05, 3.63) is 90.5 Å². The summed E-state index contributed by atoms with van der Waals surface area (Å²) in [6, 6.07) is 26.6. The fraction of sp³-hybridized carbons (Fsp3) is 0.160. The largest absolute Gasteiger partial charge is 0.352 e. The van der Waals surface area contributed by atoms with Gasteiger partial charge in [0.15, 0.2) is 11.7 Å². The first-order valence-corrected chi connectivity index (χ1v) is 9.93. The minimum atomic E-state index is -1.31. The molecule has 30 heavy (non-hydrogen) atoms. The number of anilines is 1. The molecule has 5 heteroatoms. The van der Waals surface area contributed by atoms with E-state index in [0.717, 1.165) is 16.7 Å². The van der Waals surface area contributed by atoms with Gasteiger partial charge in [0.05, 0.1) is 0 Å². The Bertz CT molecular complexity index is 1030. The van der Waals surface area contributed by atoms with E-state index in [4.69, 9.17) is 0 Å². The van der Waals surface area contributed by atoms with Gasteiger partial charge in [-0.2, -0.15) is 0 Å². The van der Waals surface area contributed by atoms with Crippen molar-refractivity contribution in [3.8, 4) is 11.1 Å². The lowest BCUT2D eigenvalue weighted by molar-refractivity contribution is -0.143. The van der Waals surface area contributed by atoms with Crippen LogP contribution in [0.25, 0.3) is 11.1 Å². The average molecular weight is 398 g/mol. The zero-order valence-corrected chi connectivity index (χ0v) is 16.4. The summed E-state index contributed by atoms with van der Waals surface area (Å²) in [5, 5.41) is 5.52. The summed E-state index contributed by atoms with van der Waals surface area (Å²) >= 11 is 0. The minimum Gasteiger partial charge on any atom is -0.352 e. The van der Waals surface area contributed by atoms with Crippen LogP contribution in [0.4, 0.5) is 5.69 Å². The quantitative estimate of drug-likeness (QED) is 0.645. The molecule has 150 valence electrons. The Morgan fingerprint density at radius 1 is 0.833 bits per heavy atom. The highest BCUT2D eigenvalue weighted by Gasteiger charge is 2.40. The number of amides is 2. The molecule has 0 aliphatic carbocycles. The lowest BCUT2D eigenvalue weighted by atomic mass is 9.89. The van der Waals surface area contributed by atoms with Crippen LogP contribution in [0.2, 0.25) is 0 Å². The van der Waals surface area contributed by atoms with Crippen LogP contribution in [0, 0.1) is 5.92 Å². The Morgan fingerprint density at radius 2 is 1.43 bits per heavy atom. The molecule has 2 unspecified atom stereocenters. The van der Waals surface area contributed by atoms with Gasteiger partial charge in [-0.25, -0.2) is 0 Å². The molecular weight excluding hydrogens is 376 g/mol. The van der Waals surface area contributed by atoms with Crippen LogP contribution < -0.4 is 10.6 Å². The molecule has 0 radical (unpaired) electrons. The van der Waals surface area contributed by atoms with Gasteiger partial charge in [0, 0.05) is 18.2 Å². The zero-order chi connectivity index (χ0) is 20.9. The molecule has 3 aromatic rings. The van der Waals surface area contributed by atoms with E-state index in [1.165, 1.54) is 0 Å². The van der Waals surface area contributed by atoms with Crippen LogP contribution in [0.5, 0.6) is 0 Å². The van der Waals surface area contributed by atoms with E-state index in [9.17, 15) is 14.4 Å². The molecule has 2 atom stereocenters. The number of carbonyl (C=O) groups is 3. The van der Waals surface area contributed by atoms with Crippen molar-refractivity contribution in [2.45, 2.75) is 18.9 Å². The van der Waals surface area contributed by atoms with Gasteiger partial charge in [0.2, 0.25) is 11.8 Å². The number of hydrogen-bond acceptors (Lipinski definition) is 3. The molecule has 1 aliphatic rings. The highest BCUT2D eigenvalue weighted by Crippen LogP contribution is 2.22. The van der Waals surface area contributed by atoms with Crippen molar-refractivity contribution in [1.29, 1.82) is 0 Å². The smallest absolute Gasteiger partial charge is 0.244 e. The highest BCUT2D eigenvalue weighted by molar-refractivity contribution is 6.22. The van der Waals surface area contributed by atoms with Gasteiger partial charge in [-0.3, -0.25) is 14.4 Å². The summed E-state index contributed by atoms with van der Waals surface area (Å²) in [5.74, 6) is -2.79. The van der Waals surface area contributed by atoms with E-state index in [-0.39, 0.29) is 18.2 Å². The molecule has 3 aromatic carbocycles. The van der Waals surface area contributed by atoms with Gasteiger partial charge in [-0.05, 0) is 35.2 Å². The molecule has 0 bridgehead atoms. The number of piperidine rings is 1. The first kappa shape index (κ1) is 19.6. The highest BCUT2D eigenvalue weighted by atomic mass is 16.2. The van der Waals surface area contributed by atoms with Gasteiger partial charge < -0.3 is 10.6 Å². The van der Waals surface area contributed by atoms with Gasteiger partial charge in [-0.1, -0.05) is 72.8 Å². The van der Waals surface area contributed by atoms with Crippen LogP contribution in [-0.4, -0.2) is 23.6 Å². The summed E-state index contributed by atoms with van der Waals surface area (Å²) in [6.07, 6.45) is 0.708. The Kier molecular flexibility index (Phi) is 5.70. The van der Waals surface area contributed by atoms with Crippen LogP contribution >= 0.6 is 0 Å². The van der Waals surface area contributed by atoms with Gasteiger partial charge in [-0.15, -0.1) is 0 Å². The number of hydrogen-bond donors (Lipinski definition) is 2. The minimum absolute atomic E-state index is 0.145. The number of Topliss-reactive ketones (excluding diaryl/α,β-unsaturated/α-hetero) is 1. The van der Waals surface area contributed by atoms with Crippen molar-refractivity contribution in [2.24, 2.45) is 5.92 Å². The molecule has 5 nitrogen and oxygen atoms in total. The number of nitrogens with one attached hydrogen (secondary N) is 2. The predicted molar refractivity (Wildman–Crippen MR) is 116 cm³/mol. The molecule has 2 amide bonds. The molecule has 1 heterocycles. The van der Waals surface area contributed by atoms with Crippen LogP contribution in [-0.2, 0) is 20.8 Å². The molecule has 0 saturated carbocycles. The lowest BCUT2D eigenvalue weighted by Crippen LogP contribution is -2.53. The van der Waals surface area contributed by atoms with Gasteiger partial charge in [0.25, 0.3) is 0 Å². The van der Waals surface area contributed by atoms with Crippen molar-refractivity contribution >= 4 is 23.3 Å². The van der Waals surface area contributed by atoms with E-state index < -0.39 is 17.7 Å². The summed E-state index contributed by atoms with van der Waals surface area (Å²) in [6.45, 7) is 0. The standard InChI is InChI=1S/C25H22N2O3/c28-22-16-21(15-17-7-3-1-4-8-17)27-25(30)23(22)24(29)26-20-13-11-19(12-14-20)18-9-5-2-6-10-18/h1-14,21,23H,15-16H2,(H,26,29)(H,27,30). The monoisotopic (exact) mass is 398 g/mol. The Hall–Kier alpha value is -3.73. The number of rotatable bonds is 5. The molecule has 4 rings (SSSR count). The molecule has 1 aliphatic heterocycles. The summed E-state index contributed by atoms with van der Waals surface area (Å²) in [4.78, 5) is 37.7. The molecular formula is C25H22N2O3. The first-order chi connectivity index (χ1) is 14.6. The third-order valence-corrected chi connectivity index (χ3v) is 5.22. The maximum Gasteiger partial charge on any atom is 0.244 e. The topological polar surface area (TPSA) is 75.3 Å². The summed E-state index contributed by atoms with van der Waals surface area (Å²) in [5.41, 5.74) is 3.68. The number of carbonyl (C=O) groups excluding carboxylic acids is 3. The van der Waals surface area contributed by atoms with E-state index in [0.29, 0.717) is 12.1 Å². The van der Waals surface area contributed by atoms with Crippen molar-refractivity contribution < 1.29 is 14.4 Å². The Morgan fingerprint density at radius 3 is 2.07 bits per heavy atom. The number of benzene rings is 3. The van der Waals surface area contributed by atoms with E-state index >= 15 is 0 Å².